The highest BCUT2D eigenvalue weighted by Crippen LogP contribution is 2.14. The van der Waals surface area contributed by atoms with Gasteiger partial charge in [-0.2, -0.15) is 0 Å². The molecule has 1 heterocycles. The van der Waals surface area contributed by atoms with Gasteiger partial charge >= 0.3 is 0 Å². The number of benzene rings is 1. The molecule has 0 atom stereocenters. The SMILES string of the molecule is Fc1ccccc1COc1cc(Br)ncn1. The van der Waals surface area contributed by atoms with Crippen molar-refractivity contribution in [2.75, 3.05) is 0 Å². The van der Waals surface area contributed by atoms with E-state index in [1.54, 1.807) is 24.3 Å². The first kappa shape index (κ1) is 11.0. The van der Waals surface area contributed by atoms with Gasteiger partial charge in [-0.05, 0) is 22.0 Å². The van der Waals surface area contributed by atoms with E-state index in [9.17, 15) is 4.39 Å². The van der Waals surface area contributed by atoms with Crippen molar-refractivity contribution in [1.29, 1.82) is 0 Å². The van der Waals surface area contributed by atoms with Gasteiger partial charge in [-0.15, -0.1) is 0 Å². The van der Waals surface area contributed by atoms with Crippen LogP contribution in [0.3, 0.4) is 0 Å². The summed E-state index contributed by atoms with van der Waals surface area (Å²) in [4.78, 5) is 7.76. The Kier molecular flexibility index (Phi) is 3.46. The first-order chi connectivity index (χ1) is 7.75. The van der Waals surface area contributed by atoms with E-state index in [0.717, 1.165) is 0 Å². The molecule has 82 valence electrons. The first-order valence-corrected chi connectivity index (χ1v) is 5.39. The van der Waals surface area contributed by atoms with Gasteiger partial charge in [0.15, 0.2) is 0 Å². The minimum absolute atomic E-state index is 0.149. The lowest BCUT2D eigenvalue weighted by Gasteiger charge is -2.05. The molecule has 5 heteroatoms. The van der Waals surface area contributed by atoms with Crippen molar-refractivity contribution in [2.45, 2.75) is 6.61 Å². The van der Waals surface area contributed by atoms with Crippen LogP contribution < -0.4 is 4.74 Å². The molecule has 0 radical (unpaired) electrons. The molecule has 1 aromatic carbocycles. The molecule has 0 N–H and O–H groups in total. The molecule has 0 bridgehead atoms. The van der Waals surface area contributed by atoms with Gasteiger partial charge in [-0.25, -0.2) is 14.4 Å². The molecule has 0 aliphatic heterocycles. The predicted molar refractivity (Wildman–Crippen MR) is 60.5 cm³/mol. The highest BCUT2D eigenvalue weighted by molar-refractivity contribution is 9.10. The molecular formula is C11H8BrFN2O. The smallest absolute Gasteiger partial charge is 0.217 e. The highest BCUT2D eigenvalue weighted by Gasteiger charge is 2.02. The summed E-state index contributed by atoms with van der Waals surface area (Å²) < 4.78 is 19.2. The lowest BCUT2D eigenvalue weighted by Crippen LogP contribution is -1.99. The Balaban J connectivity index is 2.05. The molecule has 16 heavy (non-hydrogen) atoms. The third-order valence-corrected chi connectivity index (χ3v) is 2.38. The topological polar surface area (TPSA) is 35.0 Å². The van der Waals surface area contributed by atoms with Crippen LogP contribution in [0.25, 0.3) is 0 Å². The molecule has 0 aliphatic rings. The third kappa shape index (κ3) is 2.76. The second-order valence-electron chi connectivity index (χ2n) is 3.06. The number of hydrogen-bond donors (Lipinski definition) is 0. The molecule has 1 aromatic heterocycles. The Morgan fingerprint density at radius 3 is 2.81 bits per heavy atom. The van der Waals surface area contributed by atoms with Crippen molar-refractivity contribution in [2.24, 2.45) is 0 Å². The minimum Gasteiger partial charge on any atom is -0.473 e. The molecule has 0 unspecified atom stereocenters. The van der Waals surface area contributed by atoms with E-state index in [0.29, 0.717) is 16.0 Å². The monoisotopic (exact) mass is 282 g/mol. The Hall–Kier alpha value is -1.49. The minimum atomic E-state index is -0.282. The van der Waals surface area contributed by atoms with Gasteiger partial charge < -0.3 is 4.74 Å². The zero-order chi connectivity index (χ0) is 11.4. The van der Waals surface area contributed by atoms with Crippen LogP contribution in [0.2, 0.25) is 0 Å². The normalized spacial score (nSPS) is 10.1. The Labute approximate surface area is 100 Å². The van der Waals surface area contributed by atoms with Crippen molar-refractivity contribution < 1.29 is 9.13 Å². The summed E-state index contributed by atoms with van der Waals surface area (Å²) in [6, 6.07) is 8.10. The van der Waals surface area contributed by atoms with E-state index in [-0.39, 0.29) is 12.4 Å². The van der Waals surface area contributed by atoms with Gasteiger partial charge in [-0.1, -0.05) is 18.2 Å². The second kappa shape index (κ2) is 5.03. The van der Waals surface area contributed by atoms with Gasteiger partial charge in [0.05, 0.1) is 0 Å². The van der Waals surface area contributed by atoms with Gasteiger partial charge in [0.1, 0.15) is 23.4 Å². The van der Waals surface area contributed by atoms with Crippen LogP contribution in [-0.4, -0.2) is 9.97 Å². The van der Waals surface area contributed by atoms with Crippen LogP contribution >= 0.6 is 15.9 Å². The molecule has 0 aliphatic carbocycles. The van der Waals surface area contributed by atoms with E-state index < -0.39 is 0 Å². The molecule has 0 amide bonds. The Bertz CT molecular complexity index is 493. The average molecular weight is 283 g/mol. The molecule has 0 saturated carbocycles. The molecule has 2 rings (SSSR count). The Morgan fingerprint density at radius 1 is 1.25 bits per heavy atom. The summed E-state index contributed by atoms with van der Waals surface area (Å²) in [6.45, 7) is 0.149. The third-order valence-electron chi connectivity index (χ3n) is 1.94. The van der Waals surface area contributed by atoms with Crippen LogP contribution in [0, 0.1) is 5.82 Å². The summed E-state index contributed by atoms with van der Waals surface area (Å²) in [6.07, 6.45) is 1.38. The van der Waals surface area contributed by atoms with Crippen LogP contribution in [0.5, 0.6) is 5.88 Å². The largest absolute Gasteiger partial charge is 0.473 e. The fourth-order valence-corrected chi connectivity index (χ4v) is 1.45. The van der Waals surface area contributed by atoms with E-state index in [1.807, 2.05) is 0 Å². The average Bonchev–Trinajstić information content (AvgIpc) is 2.28. The summed E-state index contributed by atoms with van der Waals surface area (Å²) >= 11 is 3.20. The number of nitrogens with zero attached hydrogens (tertiary/aromatic N) is 2. The van der Waals surface area contributed by atoms with Crippen molar-refractivity contribution in [3.8, 4) is 5.88 Å². The molecular weight excluding hydrogens is 275 g/mol. The maximum Gasteiger partial charge on any atom is 0.217 e. The molecule has 0 spiro atoms. The van der Waals surface area contributed by atoms with Gasteiger partial charge in [0.25, 0.3) is 0 Å². The van der Waals surface area contributed by atoms with Crippen LogP contribution in [0.4, 0.5) is 4.39 Å². The zero-order valence-electron chi connectivity index (χ0n) is 8.23. The highest BCUT2D eigenvalue weighted by atomic mass is 79.9. The first-order valence-electron chi connectivity index (χ1n) is 4.59. The van der Waals surface area contributed by atoms with Crippen molar-refractivity contribution in [1.82, 2.24) is 9.97 Å². The lowest BCUT2D eigenvalue weighted by molar-refractivity contribution is 0.287. The van der Waals surface area contributed by atoms with Crippen molar-refractivity contribution >= 4 is 15.9 Å². The number of rotatable bonds is 3. The maximum absolute atomic E-state index is 13.2. The summed E-state index contributed by atoms with van der Waals surface area (Å²) in [5, 5.41) is 0. The predicted octanol–water partition coefficient (Wildman–Crippen LogP) is 2.96. The summed E-state index contributed by atoms with van der Waals surface area (Å²) in [5.41, 5.74) is 0.497. The fourth-order valence-electron chi connectivity index (χ4n) is 1.16. The van der Waals surface area contributed by atoms with Crippen molar-refractivity contribution in [3.05, 3.63) is 52.6 Å². The van der Waals surface area contributed by atoms with Gasteiger partial charge in [-0.3, -0.25) is 0 Å². The maximum atomic E-state index is 13.2. The fraction of sp³-hybridized carbons (Fsp3) is 0.0909. The van der Waals surface area contributed by atoms with Crippen molar-refractivity contribution in [3.63, 3.8) is 0 Å². The van der Waals surface area contributed by atoms with E-state index in [4.69, 9.17) is 4.74 Å². The van der Waals surface area contributed by atoms with E-state index in [1.165, 1.54) is 12.4 Å². The molecule has 0 saturated heterocycles. The quantitative estimate of drug-likeness (QED) is 0.812. The van der Waals surface area contributed by atoms with E-state index >= 15 is 0 Å². The molecule has 2 aromatic rings. The van der Waals surface area contributed by atoms with Crippen LogP contribution in [0.15, 0.2) is 41.3 Å². The zero-order valence-corrected chi connectivity index (χ0v) is 9.82. The van der Waals surface area contributed by atoms with Crippen LogP contribution in [-0.2, 0) is 6.61 Å². The molecule has 3 nitrogen and oxygen atoms in total. The Morgan fingerprint density at radius 2 is 2.06 bits per heavy atom. The van der Waals surface area contributed by atoms with Gasteiger partial charge in [0.2, 0.25) is 5.88 Å². The summed E-state index contributed by atoms with van der Waals surface area (Å²) in [7, 11) is 0. The number of ether oxygens (including phenoxy) is 1. The number of hydrogen-bond acceptors (Lipinski definition) is 3. The van der Waals surface area contributed by atoms with E-state index in [2.05, 4.69) is 25.9 Å². The standard InChI is InChI=1S/C11H8BrFN2O/c12-10-5-11(15-7-14-10)16-6-8-3-1-2-4-9(8)13/h1-5,7H,6H2. The van der Waals surface area contributed by atoms with Gasteiger partial charge in [0, 0.05) is 11.6 Å². The number of halogens is 2. The summed E-state index contributed by atoms with van der Waals surface area (Å²) in [5.74, 6) is 0.126. The number of aromatic nitrogens is 2. The lowest BCUT2D eigenvalue weighted by atomic mass is 10.2. The van der Waals surface area contributed by atoms with Crippen LogP contribution in [0.1, 0.15) is 5.56 Å². The molecule has 0 fully saturated rings. The second-order valence-corrected chi connectivity index (χ2v) is 3.87.